The van der Waals surface area contributed by atoms with Gasteiger partial charge in [0.15, 0.2) is 0 Å². The molecule has 116 valence electrons. The maximum absolute atomic E-state index is 12.6. The number of nitrogens with zero attached hydrogens (tertiary/aromatic N) is 2. The van der Waals surface area contributed by atoms with Gasteiger partial charge >= 0.3 is 0 Å². The fourth-order valence-corrected chi connectivity index (χ4v) is 3.33. The molecule has 0 saturated carbocycles. The molecule has 2 heterocycles. The molecule has 1 aromatic heterocycles. The van der Waals surface area contributed by atoms with Gasteiger partial charge in [0.25, 0.3) is 0 Å². The van der Waals surface area contributed by atoms with Gasteiger partial charge in [-0.3, -0.25) is 9.59 Å². The van der Waals surface area contributed by atoms with Gasteiger partial charge < -0.3 is 10.2 Å². The van der Waals surface area contributed by atoms with Gasteiger partial charge in [-0.25, -0.2) is 4.98 Å². The lowest BCUT2D eigenvalue weighted by Crippen LogP contribution is -2.63. The molecule has 0 spiro atoms. The van der Waals surface area contributed by atoms with Crippen LogP contribution in [0.4, 0.5) is 0 Å². The van der Waals surface area contributed by atoms with E-state index in [-0.39, 0.29) is 23.9 Å². The van der Waals surface area contributed by atoms with Crippen LogP contribution >= 0.6 is 11.3 Å². The van der Waals surface area contributed by atoms with Crippen molar-refractivity contribution in [2.24, 2.45) is 5.92 Å². The summed E-state index contributed by atoms with van der Waals surface area (Å²) in [4.78, 5) is 30.8. The minimum absolute atomic E-state index is 0.0260. The minimum Gasteiger partial charge on any atom is -0.342 e. The van der Waals surface area contributed by atoms with Crippen molar-refractivity contribution in [1.82, 2.24) is 15.2 Å². The van der Waals surface area contributed by atoms with Crippen LogP contribution in [0.5, 0.6) is 0 Å². The van der Waals surface area contributed by atoms with Gasteiger partial charge in [-0.05, 0) is 18.8 Å². The molecule has 1 saturated heterocycles. The second-order valence-electron chi connectivity index (χ2n) is 5.82. The molecule has 21 heavy (non-hydrogen) atoms. The van der Waals surface area contributed by atoms with Crippen molar-refractivity contribution in [2.45, 2.75) is 52.1 Å². The molecule has 1 N–H and O–H groups in total. The molecule has 1 aliphatic rings. The molecule has 2 rings (SSSR count). The molecule has 0 aliphatic carbocycles. The molecular formula is C15H23N3O2S. The van der Waals surface area contributed by atoms with E-state index in [1.54, 1.807) is 22.4 Å². The maximum atomic E-state index is 12.6. The van der Waals surface area contributed by atoms with Gasteiger partial charge in [0.2, 0.25) is 11.8 Å². The average Bonchev–Trinajstić information content (AvgIpc) is 2.93. The van der Waals surface area contributed by atoms with Crippen LogP contribution in [0.1, 0.15) is 38.6 Å². The second-order valence-corrected chi connectivity index (χ2v) is 6.80. The Morgan fingerprint density at radius 3 is 2.76 bits per heavy atom. The smallest absolute Gasteiger partial charge is 0.245 e. The van der Waals surface area contributed by atoms with E-state index in [0.717, 1.165) is 5.01 Å². The quantitative estimate of drug-likeness (QED) is 0.872. The zero-order chi connectivity index (χ0) is 15.4. The maximum Gasteiger partial charge on any atom is 0.245 e. The van der Waals surface area contributed by atoms with E-state index < -0.39 is 0 Å². The Morgan fingerprint density at radius 1 is 1.43 bits per heavy atom. The Balaban J connectivity index is 2.08. The Labute approximate surface area is 129 Å². The molecule has 5 nitrogen and oxygen atoms in total. The molecule has 1 fully saturated rings. The molecule has 2 unspecified atom stereocenters. The first kappa shape index (κ1) is 15.9. The number of piperazine rings is 1. The lowest BCUT2D eigenvalue weighted by Gasteiger charge is -2.39. The second kappa shape index (κ2) is 7.02. The zero-order valence-corrected chi connectivity index (χ0v) is 13.7. The van der Waals surface area contributed by atoms with Gasteiger partial charge in [0.05, 0.1) is 5.01 Å². The third-order valence-corrected chi connectivity index (χ3v) is 4.56. The van der Waals surface area contributed by atoms with Crippen LogP contribution < -0.4 is 5.32 Å². The first-order valence-corrected chi connectivity index (χ1v) is 8.40. The Hall–Kier alpha value is -1.43. The van der Waals surface area contributed by atoms with Crippen molar-refractivity contribution in [3.63, 3.8) is 0 Å². The van der Waals surface area contributed by atoms with Gasteiger partial charge in [-0.1, -0.05) is 20.8 Å². The molecule has 1 aromatic rings. The number of carbonyl (C=O) groups excluding carboxylic acids is 2. The van der Waals surface area contributed by atoms with Gasteiger partial charge in [-0.15, -0.1) is 11.3 Å². The Kier molecular flexibility index (Phi) is 5.33. The fourth-order valence-electron chi connectivity index (χ4n) is 2.72. The van der Waals surface area contributed by atoms with E-state index >= 15 is 0 Å². The number of nitrogens with one attached hydrogen (secondary N) is 1. The predicted octanol–water partition coefficient (Wildman–Crippen LogP) is 1.84. The molecule has 2 amide bonds. The summed E-state index contributed by atoms with van der Waals surface area (Å²) in [7, 11) is 0. The van der Waals surface area contributed by atoms with Gasteiger partial charge in [0.1, 0.15) is 12.1 Å². The van der Waals surface area contributed by atoms with Crippen molar-refractivity contribution in [3.8, 4) is 0 Å². The predicted molar refractivity (Wildman–Crippen MR) is 83.0 cm³/mol. The minimum atomic E-state index is -0.378. The van der Waals surface area contributed by atoms with Crippen molar-refractivity contribution in [1.29, 1.82) is 0 Å². The van der Waals surface area contributed by atoms with Crippen molar-refractivity contribution in [3.05, 3.63) is 16.6 Å². The van der Waals surface area contributed by atoms with E-state index in [0.29, 0.717) is 31.7 Å². The molecule has 0 bridgehead atoms. The lowest BCUT2D eigenvalue weighted by atomic mass is 9.97. The van der Waals surface area contributed by atoms with Crippen LogP contribution in [0.2, 0.25) is 0 Å². The van der Waals surface area contributed by atoms with Crippen molar-refractivity contribution < 1.29 is 9.59 Å². The van der Waals surface area contributed by atoms with Crippen molar-refractivity contribution >= 4 is 23.2 Å². The van der Waals surface area contributed by atoms with Crippen LogP contribution in [0, 0.1) is 5.92 Å². The van der Waals surface area contributed by atoms with Crippen LogP contribution in [-0.4, -0.2) is 40.3 Å². The molecule has 2 atom stereocenters. The van der Waals surface area contributed by atoms with Crippen LogP contribution in [0.25, 0.3) is 0 Å². The summed E-state index contributed by atoms with van der Waals surface area (Å²) in [6.45, 7) is 6.63. The van der Waals surface area contributed by atoms with Crippen molar-refractivity contribution in [2.75, 3.05) is 6.54 Å². The number of thiazole rings is 1. The first-order valence-electron chi connectivity index (χ1n) is 7.52. The number of hydrogen-bond donors (Lipinski definition) is 1. The van der Waals surface area contributed by atoms with E-state index in [4.69, 9.17) is 0 Å². The molecular weight excluding hydrogens is 286 g/mol. The summed E-state index contributed by atoms with van der Waals surface area (Å²) in [5.74, 6) is 0.395. The Bertz CT molecular complexity index is 487. The molecule has 1 aliphatic heterocycles. The number of carbonyl (C=O) groups is 2. The standard InChI is InChI=1S/C15H23N3O2S/c1-4-12-14(19)17-11(9-10(2)3)15(20)18(12)7-5-13-16-6-8-21-13/h6,8,10-12H,4-5,7,9H2,1-3H3,(H,17,19). The topological polar surface area (TPSA) is 62.3 Å². The van der Waals surface area contributed by atoms with Gasteiger partial charge in [-0.2, -0.15) is 0 Å². The molecule has 6 heteroatoms. The highest BCUT2D eigenvalue weighted by molar-refractivity contribution is 7.09. The van der Waals surface area contributed by atoms with E-state index in [1.165, 1.54) is 0 Å². The molecule has 0 radical (unpaired) electrons. The largest absolute Gasteiger partial charge is 0.342 e. The number of amides is 2. The fraction of sp³-hybridized carbons (Fsp3) is 0.667. The lowest BCUT2D eigenvalue weighted by molar-refractivity contribution is -0.149. The highest BCUT2D eigenvalue weighted by Gasteiger charge is 2.39. The monoisotopic (exact) mass is 309 g/mol. The zero-order valence-electron chi connectivity index (χ0n) is 12.8. The first-order chi connectivity index (χ1) is 10.0. The highest BCUT2D eigenvalue weighted by atomic mass is 32.1. The SMILES string of the molecule is CCC1C(=O)NC(CC(C)C)C(=O)N1CCc1nccs1. The van der Waals surface area contributed by atoms with Gasteiger partial charge in [0, 0.05) is 24.5 Å². The summed E-state index contributed by atoms with van der Waals surface area (Å²) in [5.41, 5.74) is 0. The summed E-state index contributed by atoms with van der Waals surface area (Å²) in [6.07, 6.45) is 3.81. The normalized spacial score (nSPS) is 22.8. The van der Waals surface area contributed by atoms with E-state index in [1.807, 2.05) is 12.3 Å². The Morgan fingerprint density at radius 2 is 2.19 bits per heavy atom. The van der Waals surface area contributed by atoms with Crippen LogP contribution in [-0.2, 0) is 16.0 Å². The summed E-state index contributed by atoms with van der Waals surface area (Å²) in [6, 6.07) is -0.725. The highest BCUT2D eigenvalue weighted by Crippen LogP contribution is 2.18. The number of rotatable bonds is 6. The average molecular weight is 309 g/mol. The van der Waals surface area contributed by atoms with Crippen LogP contribution in [0.15, 0.2) is 11.6 Å². The summed E-state index contributed by atoms with van der Waals surface area (Å²) < 4.78 is 0. The van der Waals surface area contributed by atoms with Crippen LogP contribution in [0.3, 0.4) is 0 Å². The summed E-state index contributed by atoms with van der Waals surface area (Å²) in [5, 5.41) is 5.81. The number of hydrogen-bond acceptors (Lipinski definition) is 4. The van der Waals surface area contributed by atoms with E-state index in [2.05, 4.69) is 24.1 Å². The third-order valence-electron chi connectivity index (χ3n) is 3.72. The van der Waals surface area contributed by atoms with E-state index in [9.17, 15) is 9.59 Å². The molecule has 0 aromatic carbocycles. The number of aromatic nitrogens is 1. The third kappa shape index (κ3) is 3.81. The summed E-state index contributed by atoms with van der Waals surface area (Å²) >= 11 is 1.58.